The van der Waals surface area contributed by atoms with Gasteiger partial charge in [-0.25, -0.2) is 0 Å². The Balaban J connectivity index is 2.55. The van der Waals surface area contributed by atoms with Crippen LogP contribution in [0.3, 0.4) is 0 Å². The lowest BCUT2D eigenvalue weighted by Gasteiger charge is -2.11. The Morgan fingerprint density at radius 2 is 1.74 bits per heavy atom. The molecule has 0 aliphatic heterocycles. The van der Waals surface area contributed by atoms with Crippen molar-refractivity contribution in [3.8, 4) is 0 Å². The maximum Gasteiger partial charge on any atom is 0.163 e. The number of hydrogen-bond acceptors (Lipinski definition) is 3. The maximum absolute atomic E-state index is 11.2. The molecular formula is C16H19NO2. The Labute approximate surface area is 114 Å². The molecule has 0 aromatic heterocycles. The second kappa shape index (κ2) is 7.31. The lowest BCUT2D eigenvalue weighted by Crippen LogP contribution is -2.07. The van der Waals surface area contributed by atoms with Crippen molar-refractivity contribution in [1.82, 2.24) is 0 Å². The zero-order valence-electron chi connectivity index (χ0n) is 11.6. The predicted octanol–water partition coefficient (Wildman–Crippen LogP) is 2.87. The van der Waals surface area contributed by atoms with Gasteiger partial charge >= 0.3 is 0 Å². The number of carbonyl (C=O) groups excluding carboxylic acids is 2. The van der Waals surface area contributed by atoms with E-state index in [1.165, 1.54) is 13.0 Å². The number of rotatable bonds is 6. The summed E-state index contributed by atoms with van der Waals surface area (Å²) in [6, 6.07) is 8.09. The second-order valence-corrected chi connectivity index (χ2v) is 4.55. The summed E-state index contributed by atoms with van der Waals surface area (Å²) in [5.74, 6) is -0.280. The fourth-order valence-corrected chi connectivity index (χ4v) is 1.52. The van der Waals surface area contributed by atoms with Crippen LogP contribution in [0.2, 0.25) is 0 Å². The van der Waals surface area contributed by atoms with Gasteiger partial charge in [0.05, 0.1) is 6.42 Å². The van der Waals surface area contributed by atoms with E-state index >= 15 is 0 Å². The summed E-state index contributed by atoms with van der Waals surface area (Å²) in [6.45, 7) is 1.41. The topological polar surface area (TPSA) is 37.4 Å². The lowest BCUT2D eigenvalue weighted by molar-refractivity contribution is -0.123. The number of Topliss-reactive ketones (excluding diaryl/α,β-unsaturated/α-hetero) is 1. The monoisotopic (exact) mass is 257 g/mol. The number of nitrogens with zero attached hydrogens (tertiary/aromatic N) is 1. The van der Waals surface area contributed by atoms with E-state index in [4.69, 9.17) is 0 Å². The predicted molar refractivity (Wildman–Crippen MR) is 79.2 cm³/mol. The molecular weight excluding hydrogens is 238 g/mol. The van der Waals surface area contributed by atoms with Gasteiger partial charge < -0.3 is 4.90 Å². The van der Waals surface area contributed by atoms with Crippen molar-refractivity contribution in [2.24, 2.45) is 0 Å². The molecule has 0 unspecified atom stereocenters. The molecule has 0 saturated heterocycles. The van der Waals surface area contributed by atoms with Gasteiger partial charge in [-0.1, -0.05) is 30.4 Å². The zero-order valence-corrected chi connectivity index (χ0v) is 11.6. The van der Waals surface area contributed by atoms with E-state index in [9.17, 15) is 9.59 Å². The van der Waals surface area contributed by atoms with Crippen LogP contribution >= 0.6 is 0 Å². The summed E-state index contributed by atoms with van der Waals surface area (Å²) >= 11 is 0. The van der Waals surface area contributed by atoms with Crippen LogP contribution in [0.5, 0.6) is 0 Å². The summed E-state index contributed by atoms with van der Waals surface area (Å²) < 4.78 is 0. The lowest BCUT2D eigenvalue weighted by atomic mass is 10.1. The van der Waals surface area contributed by atoms with E-state index in [1.807, 2.05) is 49.3 Å². The van der Waals surface area contributed by atoms with Crippen LogP contribution in [0.4, 0.5) is 5.69 Å². The summed E-state index contributed by atoms with van der Waals surface area (Å²) in [5.41, 5.74) is 2.21. The highest BCUT2D eigenvalue weighted by Crippen LogP contribution is 2.13. The third kappa shape index (κ3) is 5.82. The summed E-state index contributed by atoms with van der Waals surface area (Å²) in [7, 11) is 3.99. The molecule has 0 N–H and O–H groups in total. The molecule has 0 bridgehead atoms. The minimum absolute atomic E-state index is 0.0259. The molecule has 0 fully saturated rings. The van der Waals surface area contributed by atoms with Crippen molar-refractivity contribution in [3.05, 3.63) is 48.1 Å². The average molecular weight is 257 g/mol. The number of hydrogen-bond donors (Lipinski definition) is 0. The molecule has 0 aliphatic rings. The van der Waals surface area contributed by atoms with Crippen molar-refractivity contribution in [3.63, 3.8) is 0 Å². The Morgan fingerprint density at radius 1 is 1.11 bits per heavy atom. The van der Waals surface area contributed by atoms with Crippen molar-refractivity contribution in [1.29, 1.82) is 0 Å². The smallest absolute Gasteiger partial charge is 0.163 e. The van der Waals surface area contributed by atoms with E-state index in [0.717, 1.165) is 11.3 Å². The summed E-state index contributed by atoms with van der Waals surface area (Å²) in [5, 5.41) is 0. The fraction of sp³-hybridized carbons (Fsp3) is 0.250. The largest absolute Gasteiger partial charge is 0.378 e. The number of benzene rings is 1. The molecule has 0 amide bonds. The Kier molecular flexibility index (Phi) is 5.73. The molecule has 100 valence electrons. The first-order chi connectivity index (χ1) is 8.99. The van der Waals surface area contributed by atoms with Crippen LogP contribution in [0.25, 0.3) is 6.08 Å². The van der Waals surface area contributed by atoms with Crippen molar-refractivity contribution in [2.75, 3.05) is 19.0 Å². The van der Waals surface area contributed by atoms with Gasteiger partial charge in [0, 0.05) is 19.8 Å². The summed E-state index contributed by atoms with van der Waals surface area (Å²) in [4.78, 5) is 24.0. The molecule has 0 saturated carbocycles. The standard InChI is InChI=1S/C16H19NO2/c1-13(18)12-16(19)7-5-4-6-14-8-10-15(11-9-14)17(2)3/h4-11H,12H2,1-3H3. The van der Waals surface area contributed by atoms with Crippen molar-refractivity contribution >= 4 is 23.3 Å². The van der Waals surface area contributed by atoms with Crippen molar-refractivity contribution < 1.29 is 9.59 Å². The molecule has 0 spiro atoms. The van der Waals surface area contributed by atoms with Crippen LogP contribution in [0, 0.1) is 0 Å². The summed E-state index contributed by atoms with van der Waals surface area (Å²) in [6.07, 6.45) is 6.76. The Morgan fingerprint density at radius 3 is 2.26 bits per heavy atom. The number of ketones is 2. The zero-order chi connectivity index (χ0) is 14.3. The first-order valence-corrected chi connectivity index (χ1v) is 6.13. The minimum Gasteiger partial charge on any atom is -0.378 e. The Hall–Kier alpha value is -2.16. The molecule has 3 nitrogen and oxygen atoms in total. The van der Waals surface area contributed by atoms with E-state index in [0.29, 0.717) is 0 Å². The molecule has 19 heavy (non-hydrogen) atoms. The van der Waals surface area contributed by atoms with Gasteiger partial charge in [0.1, 0.15) is 5.78 Å². The molecule has 0 aliphatic carbocycles. The molecule has 0 heterocycles. The average Bonchev–Trinajstić information content (AvgIpc) is 2.34. The van der Waals surface area contributed by atoms with Crippen LogP contribution in [0.15, 0.2) is 42.5 Å². The quantitative estimate of drug-likeness (QED) is 0.447. The minimum atomic E-state index is -0.167. The van der Waals surface area contributed by atoms with E-state index in [1.54, 1.807) is 12.2 Å². The first kappa shape index (κ1) is 14.9. The third-order valence-electron chi connectivity index (χ3n) is 2.51. The van der Waals surface area contributed by atoms with Gasteiger partial charge in [-0.3, -0.25) is 9.59 Å². The van der Waals surface area contributed by atoms with E-state index in [2.05, 4.69) is 0 Å². The first-order valence-electron chi connectivity index (χ1n) is 6.13. The molecule has 1 rings (SSSR count). The van der Waals surface area contributed by atoms with Gasteiger partial charge in [0.15, 0.2) is 5.78 Å². The van der Waals surface area contributed by atoms with Crippen LogP contribution in [-0.4, -0.2) is 25.7 Å². The van der Waals surface area contributed by atoms with Crippen LogP contribution in [0.1, 0.15) is 18.9 Å². The Bertz CT molecular complexity index is 496. The van der Waals surface area contributed by atoms with Gasteiger partial charge in [-0.2, -0.15) is 0 Å². The van der Waals surface area contributed by atoms with E-state index in [-0.39, 0.29) is 18.0 Å². The van der Waals surface area contributed by atoms with Gasteiger partial charge in [-0.15, -0.1) is 0 Å². The SMILES string of the molecule is CC(=O)CC(=O)C=CC=Cc1ccc(N(C)C)cc1. The highest BCUT2D eigenvalue weighted by molar-refractivity contribution is 6.03. The molecule has 1 aromatic carbocycles. The number of allylic oxidation sites excluding steroid dienone is 3. The number of carbonyl (C=O) groups is 2. The normalized spacial score (nSPS) is 11.1. The molecule has 3 heteroatoms. The van der Waals surface area contributed by atoms with Gasteiger partial charge in [0.2, 0.25) is 0 Å². The van der Waals surface area contributed by atoms with Crippen LogP contribution in [-0.2, 0) is 9.59 Å². The van der Waals surface area contributed by atoms with E-state index < -0.39 is 0 Å². The molecule has 1 aromatic rings. The molecule has 0 radical (unpaired) electrons. The fourth-order valence-electron chi connectivity index (χ4n) is 1.52. The highest BCUT2D eigenvalue weighted by Gasteiger charge is 1.99. The van der Waals surface area contributed by atoms with Gasteiger partial charge in [-0.05, 0) is 30.7 Å². The van der Waals surface area contributed by atoms with Crippen molar-refractivity contribution in [2.45, 2.75) is 13.3 Å². The number of anilines is 1. The highest BCUT2D eigenvalue weighted by atomic mass is 16.1. The second-order valence-electron chi connectivity index (χ2n) is 4.55. The van der Waals surface area contributed by atoms with Gasteiger partial charge in [0.25, 0.3) is 0 Å². The third-order valence-corrected chi connectivity index (χ3v) is 2.51. The maximum atomic E-state index is 11.2. The molecule has 0 atom stereocenters. The van der Waals surface area contributed by atoms with Crippen LogP contribution < -0.4 is 4.90 Å².